The van der Waals surface area contributed by atoms with Crippen LogP contribution < -0.4 is 0 Å². The average molecular weight is 217 g/mol. The van der Waals surface area contributed by atoms with Crippen molar-refractivity contribution in [2.45, 2.75) is 13.5 Å². The summed E-state index contributed by atoms with van der Waals surface area (Å²) in [6.07, 6.45) is 0. The van der Waals surface area contributed by atoms with Gasteiger partial charge in [-0.3, -0.25) is 4.79 Å². The van der Waals surface area contributed by atoms with Crippen LogP contribution in [0.3, 0.4) is 0 Å². The zero-order valence-electron chi connectivity index (χ0n) is 9.53. The van der Waals surface area contributed by atoms with Crippen LogP contribution in [0.15, 0.2) is 24.3 Å². The predicted molar refractivity (Wildman–Crippen MR) is 62.6 cm³/mol. The lowest BCUT2D eigenvalue weighted by Crippen LogP contribution is -2.22. The summed E-state index contributed by atoms with van der Waals surface area (Å²) in [6, 6.07) is 7.64. The summed E-state index contributed by atoms with van der Waals surface area (Å²) >= 11 is 0. The molecule has 0 bridgehead atoms. The van der Waals surface area contributed by atoms with E-state index in [4.69, 9.17) is 5.11 Å². The smallest absolute Gasteiger partial charge is 0.219 e. The maximum atomic E-state index is 11.1. The van der Waals surface area contributed by atoms with Gasteiger partial charge in [-0.15, -0.1) is 0 Å². The van der Waals surface area contributed by atoms with E-state index >= 15 is 0 Å². The Morgan fingerprint density at radius 2 is 2.25 bits per heavy atom. The Morgan fingerprint density at radius 1 is 1.50 bits per heavy atom. The first-order valence-corrected chi connectivity index (χ1v) is 5.04. The van der Waals surface area contributed by atoms with Crippen LogP contribution in [-0.2, 0) is 11.3 Å². The quantitative estimate of drug-likeness (QED) is 0.751. The zero-order chi connectivity index (χ0) is 12.0. The maximum Gasteiger partial charge on any atom is 0.219 e. The molecule has 1 rings (SSSR count). The number of carbonyl (C=O) groups excluding carboxylic acids is 1. The van der Waals surface area contributed by atoms with E-state index < -0.39 is 0 Å². The first-order valence-electron chi connectivity index (χ1n) is 5.04. The summed E-state index contributed by atoms with van der Waals surface area (Å²) in [6.45, 7) is 1.97. The number of rotatable bonds is 2. The molecule has 0 aliphatic heterocycles. The van der Waals surface area contributed by atoms with Crippen molar-refractivity contribution < 1.29 is 9.90 Å². The highest BCUT2D eigenvalue weighted by molar-refractivity contribution is 5.72. The highest BCUT2D eigenvalue weighted by atomic mass is 16.2. The minimum Gasteiger partial charge on any atom is -0.384 e. The van der Waals surface area contributed by atoms with Crippen molar-refractivity contribution in [1.82, 2.24) is 4.90 Å². The minimum atomic E-state index is -0.141. The highest BCUT2D eigenvalue weighted by Crippen LogP contribution is 2.06. The lowest BCUT2D eigenvalue weighted by molar-refractivity contribution is -0.128. The molecule has 1 aromatic rings. The van der Waals surface area contributed by atoms with E-state index in [1.165, 1.54) is 6.92 Å². The van der Waals surface area contributed by atoms with Gasteiger partial charge in [-0.05, 0) is 17.7 Å². The predicted octanol–water partition coefficient (Wildman–Crippen LogP) is 1.01. The number of hydrogen-bond acceptors (Lipinski definition) is 2. The van der Waals surface area contributed by atoms with Crippen LogP contribution >= 0.6 is 0 Å². The molecule has 0 atom stereocenters. The van der Waals surface area contributed by atoms with Gasteiger partial charge < -0.3 is 10.0 Å². The summed E-state index contributed by atoms with van der Waals surface area (Å²) in [4.78, 5) is 12.7. The monoisotopic (exact) mass is 217 g/mol. The van der Waals surface area contributed by atoms with Crippen molar-refractivity contribution in [2.24, 2.45) is 0 Å². The molecule has 0 aromatic heterocycles. The topological polar surface area (TPSA) is 40.5 Å². The average Bonchev–Trinajstić information content (AvgIpc) is 2.26. The molecule has 16 heavy (non-hydrogen) atoms. The largest absolute Gasteiger partial charge is 0.384 e. The van der Waals surface area contributed by atoms with Gasteiger partial charge in [-0.25, -0.2) is 0 Å². The van der Waals surface area contributed by atoms with Gasteiger partial charge in [0.1, 0.15) is 6.61 Å². The fraction of sp³-hybridized carbons (Fsp3) is 0.308. The Hall–Kier alpha value is -1.79. The molecule has 0 spiro atoms. The van der Waals surface area contributed by atoms with Crippen LogP contribution in [0.5, 0.6) is 0 Å². The van der Waals surface area contributed by atoms with E-state index in [0.29, 0.717) is 6.54 Å². The molecular formula is C13H15NO2. The van der Waals surface area contributed by atoms with Crippen LogP contribution in [0.1, 0.15) is 18.1 Å². The maximum absolute atomic E-state index is 11.1. The van der Waals surface area contributed by atoms with Gasteiger partial charge >= 0.3 is 0 Å². The van der Waals surface area contributed by atoms with Crippen molar-refractivity contribution in [2.75, 3.05) is 13.7 Å². The molecule has 0 saturated carbocycles. The Balaban J connectivity index is 2.78. The Bertz CT molecular complexity index is 429. The van der Waals surface area contributed by atoms with Gasteiger partial charge in [-0.1, -0.05) is 24.0 Å². The number of benzene rings is 1. The summed E-state index contributed by atoms with van der Waals surface area (Å²) in [5.74, 6) is 5.46. The zero-order valence-corrected chi connectivity index (χ0v) is 9.53. The third-order valence-electron chi connectivity index (χ3n) is 2.20. The lowest BCUT2D eigenvalue weighted by atomic mass is 10.1. The summed E-state index contributed by atoms with van der Waals surface area (Å²) in [5.41, 5.74) is 1.88. The molecular weight excluding hydrogens is 202 g/mol. The van der Waals surface area contributed by atoms with E-state index in [-0.39, 0.29) is 12.5 Å². The molecule has 1 aromatic carbocycles. The van der Waals surface area contributed by atoms with E-state index in [2.05, 4.69) is 11.8 Å². The molecule has 0 aliphatic carbocycles. The summed E-state index contributed by atoms with van der Waals surface area (Å²) in [7, 11) is 1.76. The Kier molecular flexibility index (Phi) is 4.56. The number of aliphatic hydroxyl groups is 1. The van der Waals surface area contributed by atoms with Crippen LogP contribution in [0.25, 0.3) is 0 Å². The molecule has 0 heterocycles. The van der Waals surface area contributed by atoms with Crippen LogP contribution in [-0.4, -0.2) is 29.6 Å². The first kappa shape index (κ1) is 12.3. The van der Waals surface area contributed by atoms with Crippen LogP contribution in [0, 0.1) is 11.8 Å². The van der Waals surface area contributed by atoms with Crippen LogP contribution in [0.4, 0.5) is 0 Å². The van der Waals surface area contributed by atoms with Gasteiger partial charge in [0.05, 0.1) is 0 Å². The van der Waals surface area contributed by atoms with Gasteiger partial charge in [-0.2, -0.15) is 0 Å². The second-order valence-electron chi connectivity index (χ2n) is 3.54. The number of amides is 1. The number of aliphatic hydroxyl groups excluding tert-OH is 1. The van der Waals surface area contributed by atoms with E-state index in [1.807, 2.05) is 24.3 Å². The number of hydrogen-bond donors (Lipinski definition) is 1. The number of carbonyl (C=O) groups is 1. The van der Waals surface area contributed by atoms with Crippen molar-refractivity contribution in [3.63, 3.8) is 0 Å². The Morgan fingerprint density at radius 3 is 2.88 bits per heavy atom. The standard InChI is InChI=1S/C13H15NO2/c1-11(16)14(2)10-13-6-3-5-12(9-13)7-4-8-15/h3,5-6,9,15H,8,10H2,1-2H3. The van der Waals surface area contributed by atoms with E-state index in [1.54, 1.807) is 11.9 Å². The molecule has 0 radical (unpaired) electrons. The van der Waals surface area contributed by atoms with Crippen molar-refractivity contribution in [1.29, 1.82) is 0 Å². The first-order chi connectivity index (χ1) is 7.63. The molecule has 3 nitrogen and oxygen atoms in total. The number of nitrogens with zero attached hydrogens (tertiary/aromatic N) is 1. The highest BCUT2D eigenvalue weighted by Gasteiger charge is 2.02. The molecule has 0 unspecified atom stereocenters. The van der Waals surface area contributed by atoms with Gasteiger partial charge in [0.15, 0.2) is 0 Å². The summed E-state index contributed by atoms with van der Waals surface area (Å²) < 4.78 is 0. The molecule has 0 fully saturated rings. The fourth-order valence-corrected chi connectivity index (χ4v) is 1.27. The minimum absolute atomic E-state index is 0.0341. The SMILES string of the molecule is CC(=O)N(C)Cc1cccc(C#CCO)c1. The lowest BCUT2D eigenvalue weighted by Gasteiger charge is -2.14. The van der Waals surface area contributed by atoms with Gasteiger partial charge in [0.25, 0.3) is 0 Å². The third-order valence-corrected chi connectivity index (χ3v) is 2.20. The molecule has 0 saturated heterocycles. The second-order valence-corrected chi connectivity index (χ2v) is 3.54. The fourth-order valence-electron chi connectivity index (χ4n) is 1.27. The van der Waals surface area contributed by atoms with E-state index in [9.17, 15) is 4.79 Å². The van der Waals surface area contributed by atoms with Crippen molar-refractivity contribution >= 4 is 5.91 Å². The van der Waals surface area contributed by atoms with E-state index in [0.717, 1.165) is 11.1 Å². The van der Waals surface area contributed by atoms with Gasteiger partial charge in [0, 0.05) is 26.1 Å². The molecule has 84 valence electrons. The third kappa shape index (κ3) is 3.76. The van der Waals surface area contributed by atoms with Crippen molar-refractivity contribution in [3.05, 3.63) is 35.4 Å². The molecule has 1 amide bonds. The molecule has 1 N–H and O–H groups in total. The van der Waals surface area contributed by atoms with Gasteiger partial charge in [0.2, 0.25) is 5.91 Å². The summed E-state index contributed by atoms with van der Waals surface area (Å²) in [5, 5.41) is 8.59. The van der Waals surface area contributed by atoms with Crippen molar-refractivity contribution in [3.8, 4) is 11.8 Å². The molecule has 0 aliphatic rings. The Labute approximate surface area is 95.7 Å². The normalized spacial score (nSPS) is 9.19. The molecule has 3 heteroatoms. The van der Waals surface area contributed by atoms with Crippen LogP contribution in [0.2, 0.25) is 0 Å². The second kappa shape index (κ2) is 5.94.